The molecular formula is C24H35NOS. The molecule has 2 saturated carbocycles. The van der Waals surface area contributed by atoms with Crippen LogP contribution in [0.2, 0.25) is 0 Å². The zero-order valence-corrected chi connectivity index (χ0v) is 18.1. The average Bonchev–Trinajstić information content (AvgIpc) is 3.16. The van der Waals surface area contributed by atoms with E-state index < -0.39 is 0 Å². The van der Waals surface area contributed by atoms with Gasteiger partial charge < -0.3 is 10.4 Å². The van der Waals surface area contributed by atoms with Crippen LogP contribution in [0.1, 0.15) is 65.4 Å². The van der Waals surface area contributed by atoms with Crippen LogP contribution in [0, 0.1) is 17.8 Å². The van der Waals surface area contributed by atoms with Crippen LogP contribution in [0.5, 0.6) is 5.75 Å². The number of rotatable bonds is 4. The number of fused-ring (bicyclic) bond motifs is 2. The van der Waals surface area contributed by atoms with Gasteiger partial charge in [0.1, 0.15) is 5.75 Å². The van der Waals surface area contributed by atoms with Gasteiger partial charge in [-0.05, 0) is 72.9 Å². The Kier molecular flexibility index (Phi) is 6.65. The van der Waals surface area contributed by atoms with E-state index in [2.05, 4.69) is 48.8 Å². The predicted octanol–water partition coefficient (Wildman–Crippen LogP) is 6.84. The van der Waals surface area contributed by atoms with E-state index >= 15 is 0 Å². The number of phenols is 1. The van der Waals surface area contributed by atoms with Crippen molar-refractivity contribution >= 4 is 11.3 Å². The summed E-state index contributed by atoms with van der Waals surface area (Å²) in [6.07, 6.45) is 6.67. The van der Waals surface area contributed by atoms with Gasteiger partial charge in [0.25, 0.3) is 0 Å². The number of aromatic hydroxyl groups is 1. The molecule has 2 fully saturated rings. The highest BCUT2D eigenvalue weighted by Gasteiger charge is 2.43. The Hall–Kier alpha value is -1.32. The van der Waals surface area contributed by atoms with Gasteiger partial charge in [-0.3, -0.25) is 0 Å². The Balaban J connectivity index is 0.00000102. The van der Waals surface area contributed by atoms with E-state index in [1.165, 1.54) is 37.0 Å². The second-order valence-electron chi connectivity index (χ2n) is 8.61. The Bertz CT molecular complexity index is 704. The summed E-state index contributed by atoms with van der Waals surface area (Å²) in [5.74, 6) is 2.93. The first kappa shape index (κ1) is 20.4. The number of hydrogen-bond acceptors (Lipinski definition) is 3. The Morgan fingerprint density at radius 2 is 1.78 bits per heavy atom. The van der Waals surface area contributed by atoms with Crippen LogP contribution in [0.4, 0.5) is 0 Å². The SMILES string of the molecule is CC.CC1CC2CC(C)CC(NCc3ccc(-c4cccs4)cc3O)(C1)C2. The van der Waals surface area contributed by atoms with E-state index in [4.69, 9.17) is 0 Å². The van der Waals surface area contributed by atoms with Gasteiger partial charge in [0, 0.05) is 22.5 Å². The third kappa shape index (κ3) is 4.75. The minimum absolute atomic E-state index is 0.277. The number of thiophene rings is 1. The first-order valence-electron chi connectivity index (χ1n) is 10.6. The van der Waals surface area contributed by atoms with Crippen molar-refractivity contribution in [2.45, 2.75) is 71.9 Å². The molecule has 2 aliphatic rings. The highest BCUT2D eigenvalue weighted by atomic mass is 32.1. The van der Waals surface area contributed by atoms with E-state index in [-0.39, 0.29) is 5.54 Å². The molecule has 2 nitrogen and oxygen atoms in total. The smallest absolute Gasteiger partial charge is 0.120 e. The maximum absolute atomic E-state index is 10.5. The van der Waals surface area contributed by atoms with Gasteiger partial charge in [0.05, 0.1) is 0 Å². The van der Waals surface area contributed by atoms with Gasteiger partial charge in [-0.25, -0.2) is 0 Å². The second-order valence-corrected chi connectivity index (χ2v) is 9.56. The monoisotopic (exact) mass is 385 g/mol. The first-order chi connectivity index (χ1) is 13.0. The number of benzene rings is 1. The molecule has 2 bridgehead atoms. The fraction of sp³-hybridized carbons (Fsp3) is 0.583. The highest BCUT2D eigenvalue weighted by molar-refractivity contribution is 7.13. The maximum atomic E-state index is 10.5. The largest absolute Gasteiger partial charge is 0.508 e. The van der Waals surface area contributed by atoms with E-state index in [0.29, 0.717) is 5.75 Å². The summed E-state index contributed by atoms with van der Waals surface area (Å²) in [7, 11) is 0. The van der Waals surface area contributed by atoms with Crippen molar-refractivity contribution in [1.29, 1.82) is 0 Å². The van der Waals surface area contributed by atoms with Crippen LogP contribution in [-0.4, -0.2) is 10.6 Å². The number of nitrogens with one attached hydrogen (secondary N) is 1. The Labute approximate surface area is 169 Å². The normalized spacial score (nSPS) is 29.7. The lowest BCUT2D eigenvalue weighted by molar-refractivity contribution is 0.0541. The van der Waals surface area contributed by atoms with Crippen LogP contribution in [0.25, 0.3) is 10.4 Å². The molecule has 2 N–H and O–H groups in total. The summed E-state index contributed by atoms with van der Waals surface area (Å²) in [4.78, 5) is 1.21. The van der Waals surface area contributed by atoms with Crippen molar-refractivity contribution in [3.8, 4) is 16.2 Å². The van der Waals surface area contributed by atoms with E-state index in [9.17, 15) is 5.11 Å². The van der Waals surface area contributed by atoms with Gasteiger partial charge in [-0.1, -0.05) is 45.9 Å². The average molecular weight is 386 g/mol. The minimum atomic E-state index is 0.277. The van der Waals surface area contributed by atoms with Crippen LogP contribution < -0.4 is 5.32 Å². The van der Waals surface area contributed by atoms with Crippen LogP contribution in [0.3, 0.4) is 0 Å². The molecule has 1 heterocycles. The van der Waals surface area contributed by atoms with Gasteiger partial charge in [-0.15, -0.1) is 11.3 Å². The van der Waals surface area contributed by atoms with Crippen molar-refractivity contribution in [2.75, 3.05) is 0 Å². The predicted molar refractivity (Wildman–Crippen MR) is 117 cm³/mol. The van der Waals surface area contributed by atoms with E-state index in [0.717, 1.165) is 35.4 Å². The van der Waals surface area contributed by atoms with E-state index in [1.807, 2.05) is 19.9 Å². The minimum Gasteiger partial charge on any atom is -0.508 e. The molecule has 2 unspecified atom stereocenters. The molecule has 1 aromatic carbocycles. The molecule has 148 valence electrons. The van der Waals surface area contributed by atoms with Crippen molar-refractivity contribution in [1.82, 2.24) is 5.32 Å². The quantitative estimate of drug-likeness (QED) is 0.604. The Morgan fingerprint density at radius 1 is 1.07 bits per heavy atom. The maximum Gasteiger partial charge on any atom is 0.120 e. The fourth-order valence-corrected chi connectivity index (χ4v) is 6.24. The molecule has 0 radical (unpaired) electrons. The first-order valence-corrected chi connectivity index (χ1v) is 11.5. The van der Waals surface area contributed by atoms with Gasteiger partial charge >= 0.3 is 0 Å². The van der Waals surface area contributed by atoms with Crippen molar-refractivity contribution in [3.05, 3.63) is 41.3 Å². The molecule has 0 amide bonds. The molecule has 2 aliphatic carbocycles. The molecular weight excluding hydrogens is 350 g/mol. The summed E-state index contributed by atoms with van der Waals surface area (Å²) in [5, 5.41) is 16.5. The molecule has 2 atom stereocenters. The molecule has 0 aliphatic heterocycles. The third-order valence-corrected chi connectivity index (χ3v) is 7.09. The molecule has 0 saturated heterocycles. The standard InChI is InChI=1S/C22H29NOS.C2H6/c1-15-8-17-9-16(2)12-22(11-15,13-17)23-14-19-6-5-18(10-20(19)24)21-4-3-7-25-21;1-2/h3-7,10,15-17,23-24H,8-9,11-14H2,1-2H3;1-2H3. The molecule has 0 spiro atoms. The lowest BCUT2D eigenvalue weighted by Gasteiger charge is -2.50. The van der Waals surface area contributed by atoms with E-state index in [1.54, 1.807) is 11.3 Å². The summed E-state index contributed by atoms with van der Waals surface area (Å²) in [5.41, 5.74) is 2.40. The molecule has 4 rings (SSSR count). The highest BCUT2D eigenvalue weighted by Crippen LogP contribution is 2.47. The molecule has 3 heteroatoms. The van der Waals surface area contributed by atoms with Crippen molar-refractivity contribution < 1.29 is 5.11 Å². The molecule has 2 aromatic rings. The zero-order valence-electron chi connectivity index (χ0n) is 17.3. The number of phenolic OH excluding ortho intramolecular Hbond substituents is 1. The van der Waals surface area contributed by atoms with Gasteiger partial charge in [0.2, 0.25) is 0 Å². The topological polar surface area (TPSA) is 32.3 Å². The summed E-state index contributed by atoms with van der Waals surface area (Å²) < 4.78 is 0. The lowest BCUT2D eigenvalue weighted by atomic mass is 9.61. The summed E-state index contributed by atoms with van der Waals surface area (Å²) >= 11 is 1.71. The Morgan fingerprint density at radius 3 is 2.37 bits per heavy atom. The third-order valence-electron chi connectivity index (χ3n) is 6.17. The van der Waals surface area contributed by atoms with Gasteiger partial charge in [0.15, 0.2) is 0 Å². The zero-order chi connectivity index (χ0) is 19.4. The summed E-state index contributed by atoms with van der Waals surface area (Å²) in [6.45, 7) is 9.58. The number of hydrogen-bond donors (Lipinski definition) is 2. The lowest BCUT2D eigenvalue weighted by Crippen LogP contribution is -2.54. The molecule has 1 aromatic heterocycles. The second kappa shape index (κ2) is 8.79. The molecule has 27 heavy (non-hydrogen) atoms. The van der Waals surface area contributed by atoms with Crippen LogP contribution in [-0.2, 0) is 6.54 Å². The van der Waals surface area contributed by atoms with Gasteiger partial charge in [-0.2, -0.15) is 0 Å². The fourth-order valence-electron chi connectivity index (χ4n) is 5.51. The van der Waals surface area contributed by atoms with Crippen LogP contribution in [0.15, 0.2) is 35.7 Å². The van der Waals surface area contributed by atoms with Crippen LogP contribution >= 0.6 is 11.3 Å². The summed E-state index contributed by atoms with van der Waals surface area (Å²) in [6, 6.07) is 10.3. The van der Waals surface area contributed by atoms with Crippen molar-refractivity contribution in [2.24, 2.45) is 17.8 Å². The van der Waals surface area contributed by atoms with Crippen molar-refractivity contribution in [3.63, 3.8) is 0 Å².